The van der Waals surface area contributed by atoms with Crippen LogP contribution in [0.5, 0.6) is 0 Å². The second kappa shape index (κ2) is 5.86. The molecule has 0 bridgehead atoms. The lowest BCUT2D eigenvalue weighted by Crippen LogP contribution is -2.15. The Bertz CT molecular complexity index is 791. The van der Waals surface area contributed by atoms with Crippen LogP contribution in [0, 0.1) is 17.5 Å². The molecule has 0 aliphatic carbocycles. The van der Waals surface area contributed by atoms with Crippen LogP contribution in [-0.2, 0) is 10.0 Å². The van der Waals surface area contributed by atoms with Gasteiger partial charge in [0, 0.05) is 4.47 Å². The number of nitrogens with one attached hydrogen (secondary N) is 1. The molecule has 3 nitrogen and oxygen atoms in total. The quantitative estimate of drug-likeness (QED) is 0.834. The van der Waals surface area contributed by atoms with Gasteiger partial charge in [0.15, 0.2) is 0 Å². The Morgan fingerprint density at radius 3 is 2.33 bits per heavy atom. The number of anilines is 1. The van der Waals surface area contributed by atoms with Gasteiger partial charge in [-0.1, -0.05) is 11.6 Å². The summed E-state index contributed by atoms with van der Waals surface area (Å²) in [6.45, 7) is 0. The van der Waals surface area contributed by atoms with E-state index in [0.717, 1.165) is 18.2 Å². The van der Waals surface area contributed by atoms with Crippen LogP contribution in [0.25, 0.3) is 0 Å². The Morgan fingerprint density at radius 1 is 1.05 bits per heavy atom. The van der Waals surface area contributed by atoms with Gasteiger partial charge in [-0.15, -0.1) is 0 Å². The third-order valence-electron chi connectivity index (χ3n) is 2.43. The summed E-state index contributed by atoms with van der Waals surface area (Å²) in [5.41, 5.74) is -0.179. The highest BCUT2D eigenvalue weighted by atomic mass is 79.9. The van der Waals surface area contributed by atoms with Crippen molar-refractivity contribution in [2.45, 2.75) is 4.90 Å². The molecule has 0 saturated heterocycles. The van der Waals surface area contributed by atoms with Crippen LogP contribution in [-0.4, -0.2) is 8.42 Å². The first-order valence-electron chi connectivity index (χ1n) is 5.33. The molecule has 2 aromatic carbocycles. The molecule has 2 aromatic rings. The van der Waals surface area contributed by atoms with Crippen molar-refractivity contribution in [3.63, 3.8) is 0 Å². The van der Waals surface area contributed by atoms with Crippen LogP contribution in [0.4, 0.5) is 18.9 Å². The summed E-state index contributed by atoms with van der Waals surface area (Å²) in [7, 11) is -4.43. The van der Waals surface area contributed by atoms with Crippen LogP contribution in [0.1, 0.15) is 0 Å². The minimum Gasteiger partial charge on any atom is -0.277 e. The topological polar surface area (TPSA) is 46.2 Å². The fourth-order valence-electron chi connectivity index (χ4n) is 1.51. The maximum atomic E-state index is 13.5. The molecule has 0 saturated carbocycles. The van der Waals surface area contributed by atoms with Gasteiger partial charge >= 0.3 is 0 Å². The average molecular weight is 401 g/mol. The van der Waals surface area contributed by atoms with Gasteiger partial charge in [-0.2, -0.15) is 0 Å². The summed E-state index contributed by atoms with van der Waals surface area (Å²) in [6.07, 6.45) is 0. The third kappa shape index (κ3) is 3.50. The molecule has 0 aromatic heterocycles. The van der Waals surface area contributed by atoms with E-state index in [9.17, 15) is 21.6 Å². The molecule has 0 aliphatic rings. The van der Waals surface area contributed by atoms with E-state index in [1.807, 2.05) is 4.72 Å². The smallest absolute Gasteiger partial charge is 0.265 e. The first-order valence-corrected chi connectivity index (χ1v) is 7.98. The molecular weight excluding hydrogens is 395 g/mol. The van der Waals surface area contributed by atoms with Crippen LogP contribution in [0.3, 0.4) is 0 Å². The number of hydrogen-bond acceptors (Lipinski definition) is 2. The highest BCUT2D eigenvalue weighted by Gasteiger charge is 2.22. The van der Waals surface area contributed by atoms with Gasteiger partial charge in [0.2, 0.25) is 0 Å². The largest absolute Gasteiger partial charge is 0.277 e. The summed E-state index contributed by atoms with van der Waals surface area (Å²) in [6, 6.07) is 3.86. The second-order valence-corrected chi connectivity index (χ2v) is 6.84. The van der Waals surface area contributed by atoms with Crippen LogP contribution >= 0.6 is 27.5 Å². The third-order valence-corrected chi connectivity index (χ3v) is 4.71. The van der Waals surface area contributed by atoms with Gasteiger partial charge in [-0.25, -0.2) is 21.6 Å². The summed E-state index contributed by atoms with van der Waals surface area (Å²) >= 11 is 8.67. The SMILES string of the molecule is O=S(=O)(Nc1c(Cl)cc(F)cc1Br)c1cc(F)ccc1F. The van der Waals surface area contributed by atoms with Gasteiger partial charge in [0.25, 0.3) is 10.0 Å². The molecule has 1 N–H and O–H groups in total. The number of rotatable bonds is 3. The molecule has 9 heteroatoms. The van der Waals surface area contributed by atoms with E-state index in [4.69, 9.17) is 11.6 Å². The highest BCUT2D eigenvalue weighted by Crippen LogP contribution is 2.33. The van der Waals surface area contributed by atoms with E-state index in [1.165, 1.54) is 0 Å². The Balaban J connectivity index is 2.50. The second-order valence-electron chi connectivity index (χ2n) is 3.92. The first kappa shape index (κ1) is 16.1. The molecule has 112 valence electrons. The van der Waals surface area contributed by atoms with E-state index in [1.54, 1.807) is 0 Å². The summed E-state index contributed by atoms with van der Waals surface area (Å²) < 4.78 is 65.9. The van der Waals surface area contributed by atoms with Crippen molar-refractivity contribution in [1.82, 2.24) is 0 Å². The average Bonchev–Trinajstić information content (AvgIpc) is 2.36. The van der Waals surface area contributed by atoms with E-state index in [2.05, 4.69) is 15.9 Å². The lowest BCUT2D eigenvalue weighted by atomic mass is 10.3. The summed E-state index contributed by atoms with van der Waals surface area (Å²) in [5.74, 6) is -2.73. The van der Waals surface area contributed by atoms with Crippen molar-refractivity contribution < 1.29 is 21.6 Å². The van der Waals surface area contributed by atoms with Crippen molar-refractivity contribution in [2.75, 3.05) is 4.72 Å². The molecule has 0 atom stereocenters. The zero-order valence-electron chi connectivity index (χ0n) is 10.0. The van der Waals surface area contributed by atoms with Crippen LogP contribution in [0.2, 0.25) is 5.02 Å². The monoisotopic (exact) mass is 399 g/mol. The van der Waals surface area contributed by atoms with Gasteiger partial charge in [-0.3, -0.25) is 4.72 Å². The van der Waals surface area contributed by atoms with E-state index in [-0.39, 0.29) is 15.2 Å². The molecule has 0 spiro atoms. The van der Waals surface area contributed by atoms with Gasteiger partial charge < -0.3 is 0 Å². The van der Waals surface area contributed by atoms with E-state index >= 15 is 0 Å². The molecule has 0 unspecified atom stereocenters. The number of benzene rings is 2. The fourth-order valence-corrected chi connectivity index (χ4v) is 3.79. The normalized spacial score (nSPS) is 11.5. The summed E-state index contributed by atoms with van der Waals surface area (Å²) in [4.78, 5) is -0.880. The molecule has 21 heavy (non-hydrogen) atoms. The zero-order chi connectivity index (χ0) is 15.8. The zero-order valence-corrected chi connectivity index (χ0v) is 13.2. The number of halogens is 5. The van der Waals surface area contributed by atoms with Crippen LogP contribution < -0.4 is 4.72 Å². The maximum Gasteiger partial charge on any atom is 0.265 e. The fraction of sp³-hybridized carbons (Fsp3) is 0. The highest BCUT2D eigenvalue weighted by molar-refractivity contribution is 9.10. The molecular formula is C12H6BrClF3NO2S. The van der Waals surface area contributed by atoms with Gasteiger partial charge in [0.05, 0.1) is 10.7 Å². The van der Waals surface area contributed by atoms with Crippen molar-refractivity contribution in [1.29, 1.82) is 0 Å². The van der Waals surface area contributed by atoms with Gasteiger partial charge in [-0.05, 0) is 46.3 Å². The van der Waals surface area contributed by atoms with Crippen molar-refractivity contribution in [3.8, 4) is 0 Å². The standard InChI is InChI=1S/C12H6BrClF3NO2S/c13-8-3-7(16)4-9(14)12(8)18-21(19,20)11-5-6(15)1-2-10(11)17/h1-5,18H. The lowest BCUT2D eigenvalue weighted by Gasteiger charge is -2.12. The van der Waals surface area contributed by atoms with Crippen molar-refractivity contribution in [3.05, 3.63) is 57.3 Å². The molecule has 0 fully saturated rings. The number of hydrogen-bond donors (Lipinski definition) is 1. The minimum absolute atomic E-state index is 0.0212. The predicted molar refractivity (Wildman–Crippen MR) is 76.3 cm³/mol. The lowest BCUT2D eigenvalue weighted by molar-refractivity contribution is 0.555. The first-order chi connectivity index (χ1) is 9.70. The predicted octanol–water partition coefficient (Wildman–Crippen LogP) is 4.32. The maximum absolute atomic E-state index is 13.5. The van der Waals surface area contributed by atoms with Crippen molar-refractivity contribution in [2.24, 2.45) is 0 Å². The van der Waals surface area contributed by atoms with Crippen molar-refractivity contribution >= 4 is 43.2 Å². The number of sulfonamides is 1. The van der Waals surface area contributed by atoms with E-state index in [0.29, 0.717) is 12.1 Å². The van der Waals surface area contributed by atoms with Gasteiger partial charge in [0.1, 0.15) is 22.3 Å². The Hall–Kier alpha value is -1.25. The van der Waals surface area contributed by atoms with Crippen LogP contribution in [0.15, 0.2) is 39.7 Å². The Labute approximate surface area is 131 Å². The molecule has 0 heterocycles. The molecule has 0 amide bonds. The summed E-state index contributed by atoms with van der Waals surface area (Å²) in [5, 5.41) is -0.234. The Morgan fingerprint density at radius 2 is 1.71 bits per heavy atom. The Kier molecular flexibility index (Phi) is 4.50. The molecule has 0 radical (unpaired) electrons. The molecule has 0 aliphatic heterocycles. The molecule has 2 rings (SSSR count). The minimum atomic E-state index is -4.43. The van der Waals surface area contributed by atoms with E-state index < -0.39 is 32.4 Å².